The zero-order chi connectivity index (χ0) is 22.0. The van der Waals surface area contributed by atoms with Gasteiger partial charge in [0.1, 0.15) is 5.57 Å². The third-order valence-electron chi connectivity index (χ3n) is 4.77. The number of aryl methyl sites for hydroxylation is 1. The highest BCUT2D eigenvalue weighted by molar-refractivity contribution is 14.1. The number of hydrogen-bond donors (Lipinski definition) is 1. The lowest BCUT2D eigenvalue weighted by atomic mass is 10.0. The van der Waals surface area contributed by atoms with Crippen LogP contribution in [-0.2, 0) is 9.59 Å². The van der Waals surface area contributed by atoms with Gasteiger partial charge >= 0.3 is 0 Å². The number of nitrogens with one attached hydrogen (secondary N) is 1. The predicted octanol–water partition coefficient (Wildman–Crippen LogP) is 4.15. The third-order valence-corrected chi connectivity index (χ3v) is 5.85. The van der Waals surface area contributed by atoms with Gasteiger partial charge in [0.05, 0.1) is 23.0 Å². The molecule has 0 unspecified atom stereocenters. The van der Waals surface area contributed by atoms with Crippen molar-refractivity contribution in [2.75, 3.05) is 18.6 Å². The van der Waals surface area contributed by atoms with Crippen molar-refractivity contribution in [2.24, 2.45) is 0 Å². The molecule has 1 fully saturated rings. The number of anilines is 1. The molecular weight excluding hydrogens is 515 g/mol. The smallest absolute Gasteiger partial charge is 0.270 e. The van der Waals surface area contributed by atoms with Gasteiger partial charge < -0.3 is 9.47 Å². The predicted molar refractivity (Wildman–Crippen MR) is 129 cm³/mol. The minimum absolute atomic E-state index is 0.00655. The summed E-state index contributed by atoms with van der Waals surface area (Å²) in [5, 5.41) is 2.69. The number of nitrogens with zero attached hydrogens (tertiary/aromatic N) is 1. The Morgan fingerprint density at radius 2 is 1.97 bits per heavy atom. The van der Waals surface area contributed by atoms with E-state index in [-0.39, 0.29) is 10.7 Å². The molecule has 0 aliphatic carbocycles. The Kier molecular flexibility index (Phi) is 6.77. The number of thiocarbonyl (C=S) groups is 1. The average molecular weight is 536 g/mol. The fraction of sp³-hybridized carbons (Fsp3) is 0.227. The van der Waals surface area contributed by atoms with Gasteiger partial charge in [-0.3, -0.25) is 19.8 Å². The molecule has 0 spiro atoms. The molecule has 6 nitrogen and oxygen atoms in total. The molecule has 0 aromatic heterocycles. The average Bonchev–Trinajstić information content (AvgIpc) is 2.68. The van der Waals surface area contributed by atoms with Gasteiger partial charge in [-0.05, 0) is 96.5 Å². The molecule has 30 heavy (non-hydrogen) atoms. The van der Waals surface area contributed by atoms with Crippen LogP contribution in [0.2, 0.25) is 0 Å². The molecule has 1 aliphatic heterocycles. The molecule has 1 heterocycles. The van der Waals surface area contributed by atoms with Crippen LogP contribution in [0, 0.1) is 17.4 Å². The summed E-state index contributed by atoms with van der Waals surface area (Å²) in [6.45, 7) is 6.21. The first-order chi connectivity index (χ1) is 14.3. The van der Waals surface area contributed by atoms with E-state index >= 15 is 0 Å². The second-order valence-corrected chi connectivity index (χ2v) is 8.19. The highest BCUT2D eigenvalue weighted by atomic mass is 127. The molecule has 2 aromatic carbocycles. The van der Waals surface area contributed by atoms with E-state index in [0.717, 1.165) is 14.7 Å². The van der Waals surface area contributed by atoms with Crippen LogP contribution >= 0.6 is 34.8 Å². The third kappa shape index (κ3) is 4.20. The van der Waals surface area contributed by atoms with E-state index in [1.165, 1.54) is 4.90 Å². The first kappa shape index (κ1) is 22.2. The van der Waals surface area contributed by atoms with Crippen molar-refractivity contribution in [3.63, 3.8) is 0 Å². The van der Waals surface area contributed by atoms with E-state index < -0.39 is 11.8 Å². The second kappa shape index (κ2) is 9.13. The van der Waals surface area contributed by atoms with Crippen LogP contribution < -0.4 is 19.7 Å². The number of carbonyl (C=O) groups is 2. The molecule has 0 bridgehead atoms. The molecule has 156 valence electrons. The zero-order valence-electron chi connectivity index (χ0n) is 17.0. The minimum Gasteiger partial charge on any atom is -0.492 e. The molecule has 0 radical (unpaired) electrons. The van der Waals surface area contributed by atoms with Crippen molar-refractivity contribution in [1.82, 2.24) is 5.32 Å². The number of hydrogen-bond acceptors (Lipinski definition) is 5. The summed E-state index contributed by atoms with van der Waals surface area (Å²) in [5.41, 5.74) is 3.23. The van der Waals surface area contributed by atoms with Crippen LogP contribution in [0.3, 0.4) is 0 Å². The largest absolute Gasteiger partial charge is 0.492 e. The van der Waals surface area contributed by atoms with Gasteiger partial charge in [-0.15, -0.1) is 0 Å². The molecular formula is C22H21IN2O4S. The molecule has 3 rings (SSSR count). The number of benzene rings is 2. The summed E-state index contributed by atoms with van der Waals surface area (Å²) in [6.07, 6.45) is 1.54. The first-order valence-corrected chi connectivity index (χ1v) is 10.7. The van der Waals surface area contributed by atoms with Gasteiger partial charge in [-0.1, -0.05) is 12.1 Å². The van der Waals surface area contributed by atoms with E-state index in [0.29, 0.717) is 29.4 Å². The zero-order valence-corrected chi connectivity index (χ0v) is 20.0. The number of amides is 2. The van der Waals surface area contributed by atoms with Gasteiger partial charge in [-0.2, -0.15) is 0 Å². The lowest BCUT2D eigenvalue weighted by molar-refractivity contribution is -0.122. The van der Waals surface area contributed by atoms with E-state index in [1.54, 1.807) is 19.3 Å². The Balaban J connectivity index is 2.08. The van der Waals surface area contributed by atoms with E-state index in [1.807, 2.05) is 45.0 Å². The molecule has 2 aromatic rings. The second-order valence-electron chi connectivity index (χ2n) is 6.64. The summed E-state index contributed by atoms with van der Waals surface area (Å²) >= 11 is 7.43. The molecule has 1 aliphatic rings. The number of methoxy groups -OCH3 is 1. The standard InChI is InChI=1S/C22H21IN2O4S/c1-5-29-18-11-14(10-16(23)19(18)28-4)9-15-20(26)24-22(30)25(21(15)27)17-8-6-7-12(2)13(17)3/h6-11H,5H2,1-4H3,(H,24,26,30)/b15-9+. The normalized spacial score (nSPS) is 15.4. The minimum atomic E-state index is -0.532. The number of rotatable bonds is 5. The van der Waals surface area contributed by atoms with Crippen LogP contribution in [0.4, 0.5) is 5.69 Å². The molecule has 1 saturated heterocycles. The van der Waals surface area contributed by atoms with Gasteiger partial charge in [0.25, 0.3) is 11.8 Å². The van der Waals surface area contributed by atoms with Crippen molar-refractivity contribution in [3.05, 3.63) is 56.2 Å². The van der Waals surface area contributed by atoms with Crippen LogP contribution in [-0.4, -0.2) is 30.6 Å². The van der Waals surface area contributed by atoms with E-state index in [9.17, 15) is 9.59 Å². The summed E-state index contributed by atoms with van der Waals surface area (Å²) < 4.78 is 11.9. The number of ether oxygens (including phenoxy) is 2. The van der Waals surface area contributed by atoms with Crippen LogP contribution in [0.15, 0.2) is 35.9 Å². The molecule has 8 heteroatoms. The SMILES string of the molecule is CCOc1cc(/C=C2\C(=O)NC(=S)N(c3cccc(C)c3C)C2=O)cc(I)c1OC. The Hall–Kier alpha value is -2.46. The maximum absolute atomic E-state index is 13.3. The fourth-order valence-electron chi connectivity index (χ4n) is 3.15. The molecule has 2 amide bonds. The number of carbonyl (C=O) groups excluding carboxylic acids is 2. The Labute approximate surface area is 194 Å². The number of halogens is 1. The van der Waals surface area contributed by atoms with Gasteiger partial charge in [-0.25, -0.2) is 0 Å². The Bertz CT molecular complexity index is 1080. The van der Waals surface area contributed by atoms with E-state index in [2.05, 4.69) is 27.9 Å². The highest BCUT2D eigenvalue weighted by Crippen LogP contribution is 2.35. The summed E-state index contributed by atoms with van der Waals surface area (Å²) in [6, 6.07) is 9.19. The fourth-order valence-corrected chi connectivity index (χ4v) is 4.27. The monoisotopic (exact) mass is 536 g/mol. The highest BCUT2D eigenvalue weighted by Gasteiger charge is 2.35. The van der Waals surface area contributed by atoms with Gasteiger partial charge in [0.2, 0.25) is 0 Å². The molecule has 0 saturated carbocycles. The topological polar surface area (TPSA) is 67.9 Å². The van der Waals surface area contributed by atoms with Gasteiger partial charge in [0.15, 0.2) is 16.6 Å². The lowest BCUT2D eigenvalue weighted by Gasteiger charge is -2.30. The van der Waals surface area contributed by atoms with Crippen LogP contribution in [0.1, 0.15) is 23.6 Å². The van der Waals surface area contributed by atoms with Crippen LogP contribution in [0.5, 0.6) is 11.5 Å². The maximum Gasteiger partial charge on any atom is 0.270 e. The van der Waals surface area contributed by atoms with Gasteiger partial charge in [0, 0.05) is 0 Å². The summed E-state index contributed by atoms with van der Waals surface area (Å²) in [7, 11) is 1.57. The van der Waals surface area contributed by atoms with Crippen molar-refractivity contribution in [1.29, 1.82) is 0 Å². The first-order valence-electron chi connectivity index (χ1n) is 9.26. The van der Waals surface area contributed by atoms with Crippen molar-refractivity contribution >= 4 is 63.5 Å². The van der Waals surface area contributed by atoms with Crippen LogP contribution in [0.25, 0.3) is 6.08 Å². The Morgan fingerprint density at radius 3 is 2.63 bits per heavy atom. The summed E-state index contributed by atoms with van der Waals surface area (Å²) in [5.74, 6) is 0.151. The Morgan fingerprint density at radius 1 is 1.23 bits per heavy atom. The molecule has 1 N–H and O–H groups in total. The van der Waals surface area contributed by atoms with Crippen molar-refractivity contribution in [2.45, 2.75) is 20.8 Å². The quantitative estimate of drug-likeness (QED) is 0.269. The molecule has 0 atom stereocenters. The lowest BCUT2D eigenvalue weighted by Crippen LogP contribution is -2.54. The maximum atomic E-state index is 13.3. The van der Waals surface area contributed by atoms with E-state index in [4.69, 9.17) is 21.7 Å². The van der Waals surface area contributed by atoms with Crippen molar-refractivity contribution in [3.8, 4) is 11.5 Å². The summed E-state index contributed by atoms with van der Waals surface area (Å²) in [4.78, 5) is 27.2. The van der Waals surface area contributed by atoms with Crippen molar-refractivity contribution < 1.29 is 19.1 Å².